The first-order valence-electron chi connectivity index (χ1n) is 7.32. The van der Waals surface area contributed by atoms with Gasteiger partial charge in [0.1, 0.15) is 11.9 Å². The average molecular weight is 371 g/mol. The fraction of sp³-hybridized carbons (Fsp3) is 0.500. The highest BCUT2D eigenvalue weighted by Gasteiger charge is 2.30. The molecule has 1 atom stereocenters. The number of thioether (sulfide) groups is 1. The molecule has 0 unspecified atom stereocenters. The Morgan fingerprint density at radius 1 is 1.50 bits per heavy atom. The second-order valence-corrected chi connectivity index (χ2v) is 8.73. The number of ether oxygens (including phenoxy) is 1. The Hall–Kier alpha value is -1.81. The van der Waals surface area contributed by atoms with Crippen molar-refractivity contribution in [2.24, 2.45) is 7.05 Å². The van der Waals surface area contributed by atoms with Crippen molar-refractivity contribution in [3.63, 3.8) is 0 Å². The summed E-state index contributed by atoms with van der Waals surface area (Å²) >= 11 is 1.20. The number of furan rings is 1. The van der Waals surface area contributed by atoms with Crippen molar-refractivity contribution in [1.82, 2.24) is 14.8 Å². The molecule has 0 N–H and O–H groups in total. The Kier molecular flexibility index (Phi) is 4.68. The second kappa shape index (κ2) is 6.60. The fourth-order valence-electron chi connectivity index (χ4n) is 2.49. The van der Waals surface area contributed by atoms with Crippen LogP contribution >= 0.6 is 11.8 Å². The van der Waals surface area contributed by atoms with Crippen molar-refractivity contribution in [3.8, 4) is 11.4 Å². The van der Waals surface area contributed by atoms with Crippen LogP contribution in [0.5, 0.6) is 0 Å². The lowest BCUT2D eigenvalue weighted by Gasteiger charge is -2.09. The van der Waals surface area contributed by atoms with Gasteiger partial charge in [-0.1, -0.05) is 11.8 Å². The summed E-state index contributed by atoms with van der Waals surface area (Å²) < 4.78 is 35.0. The number of nitrogens with zero attached hydrogens (tertiary/aromatic N) is 3. The number of carbonyl (C=O) groups excluding carboxylic acids is 1. The summed E-state index contributed by atoms with van der Waals surface area (Å²) in [6, 6.07) is 1.81. The minimum Gasteiger partial charge on any atom is -0.469 e. The Balaban J connectivity index is 1.58. The summed E-state index contributed by atoms with van der Waals surface area (Å²) in [6.45, 7) is 1.84. The molecule has 1 aliphatic rings. The number of hydrogen-bond acceptors (Lipinski definition) is 8. The Morgan fingerprint density at radius 2 is 2.29 bits per heavy atom. The zero-order valence-corrected chi connectivity index (χ0v) is 14.9. The van der Waals surface area contributed by atoms with E-state index in [0.717, 1.165) is 11.3 Å². The van der Waals surface area contributed by atoms with Gasteiger partial charge in [-0.05, 0) is 19.4 Å². The number of hydrogen-bond donors (Lipinski definition) is 0. The number of esters is 1. The molecular formula is C14H17N3O5S2. The quantitative estimate of drug-likeness (QED) is 0.570. The highest BCUT2D eigenvalue weighted by atomic mass is 32.2. The number of aromatic nitrogens is 3. The van der Waals surface area contributed by atoms with Crippen molar-refractivity contribution in [2.45, 2.75) is 24.6 Å². The van der Waals surface area contributed by atoms with E-state index in [1.165, 1.54) is 11.8 Å². The smallest absolute Gasteiger partial charge is 0.316 e. The lowest BCUT2D eigenvalue weighted by Crippen LogP contribution is -2.20. The third-order valence-electron chi connectivity index (χ3n) is 3.74. The van der Waals surface area contributed by atoms with Crippen molar-refractivity contribution >= 4 is 27.6 Å². The van der Waals surface area contributed by atoms with Crippen molar-refractivity contribution in [1.29, 1.82) is 0 Å². The summed E-state index contributed by atoms with van der Waals surface area (Å²) in [5.41, 5.74) is 0.843. The van der Waals surface area contributed by atoms with Crippen molar-refractivity contribution < 1.29 is 22.4 Å². The molecule has 10 heteroatoms. The number of sulfone groups is 1. The number of carbonyl (C=O) groups is 1. The molecule has 0 bridgehead atoms. The highest BCUT2D eigenvalue weighted by molar-refractivity contribution is 7.99. The van der Waals surface area contributed by atoms with Gasteiger partial charge in [0.25, 0.3) is 0 Å². The van der Waals surface area contributed by atoms with E-state index in [4.69, 9.17) is 9.15 Å². The summed E-state index contributed by atoms with van der Waals surface area (Å²) in [5.74, 6) is 0.980. The molecule has 0 aliphatic carbocycles. The minimum atomic E-state index is -3.06. The first kappa shape index (κ1) is 17.0. The third-order valence-corrected chi connectivity index (χ3v) is 6.47. The predicted molar refractivity (Wildman–Crippen MR) is 87.3 cm³/mol. The molecule has 24 heavy (non-hydrogen) atoms. The summed E-state index contributed by atoms with van der Waals surface area (Å²) in [4.78, 5) is 11.9. The topological polar surface area (TPSA) is 104 Å². The van der Waals surface area contributed by atoms with Crippen molar-refractivity contribution in [2.75, 3.05) is 17.3 Å². The number of aryl methyl sites for hydroxylation is 1. The van der Waals surface area contributed by atoms with Gasteiger partial charge >= 0.3 is 5.97 Å². The molecule has 130 valence electrons. The van der Waals surface area contributed by atoms with Crippen molar-refractivity contribution in [3.05, 3.63) is 18.1 Å². The van der Waals surface area contributed by atoms with Gasteiger partial charge in [-0.2, -0.15) is 0 Å². The van der Waals surface area contributed by atoms with E-state index < -0.39 is 21.9 Å². The Morgan fingerprint density at radius 3 is 2.92 bits per heavy atom. The largest absolute Gasteiger partial charge is 0.469 e. The van der Waals surface area contributed by atoms with Crippen LogP contribution in [0.3, 0.4) is 0 Å². The van der Waals surface area contributed by atoms with Crippen LogP contribution in [-0.4, -0.2) is 52.5 Å². The highest BCUT2D eigenvalue weighted by Crippen LogP contribution is 2.26. The first-order valence-corrected chi connectivity index (χ1v) is 10.1. The standard InChI is InChI=1S/C14H17N3O5S2/c1-9-11(3-5-21-9)13-15-16-14(17(13)2)23-7-12(18)22-10-4-6-24(19,20)8-10/h3,5,10H,4,6-8H2,1-2H3/t10-/m1/s1. The normalized spacial score (nSPS) is 19.5. The van der Waals surface area contributed by atoms with Crippen LogP contribution < -0.4 is 0 Å². The molecule has 1 saturated heterocycles. The molecule has 0 aromatic carbocycles. The van der Waals surface area contributed by atoms with Gasteiger partial charge in [-0.3, -0.25) is 4.79 Å². The van der Waals surface area contributed by atoms with Gasteiger partial charge in [0.2, 0.25) is 0 Å². The molecule has 1 aliphatic heterocycles. The average Bonchev–Trinajstić information content (AvgIpc) is 3.17. The van der Waals surface area contributed by atoms with Gasteiger partial charge in [0.05, 0.1) is 29.1 Å². The van der Waals surface area contributed by atoms with Gasteiger partial charge in [-0.25, -0.2) is 8.42 Å². The Labute approximate surface area is 143 Å². The molecular weight excluding hydrogens is 354 g/mol. The SMILES string of the molecule is Cc1occc1-c1nnc(SCC(=O)O[C@@H]2CCS(=O)(=O)C2)n1C. The molecule has 2 aromatic rings. The van der Waals surface area contributed by atoms with E-state index in [-0.39, 0.29) is 17.3 Å². The molecule has 1 fully saturated rings. The van der Waals surface area contributed by atoms with Gasteiger partial charge in [0.15, 0.2) is 20.8 Å². The maximum Gasteiger partial charge on any atom is 0.316 e. The fourth-order valence-corrected chi connectivity index (χ4v) is 4.77. The van der Waals surface area contributed by atoms with Crippen LogP contribution in [0.15, 0.2) is 21.9 Å². The third kappa shape index (κ3) is 3.64. The van der Waals surface area contributed by atoms with Crippen LogP contribution in [0.25, 0.3) is 11.4 Å². The zero-order chi connectivity index (χ0) is 17.3. The van der Waals surface area contributed by atoms with E-state index in [1.54, 1.807) is 17.9 Å². The molecule has 0 radical (unpaired) electrons. The van der Waals surface area contributed by atoms with Gasteiger partial charge in [-0.15, -0.1) is 10.2 Å². The molecule has 3 rings (SSSR count). The molecule has 0 spiro atoms. The summed E-state index contributed by atoms with van der Waals surface area (Å²) in [6.07, 6.45) is 1.41. The van der Waals surface area contributed by atoms with E-state index in [0.29, 0.717) is 17.4 Å². The lowest BCUT2D eigenvalue weighted by atomic mass is 10.2. The van der Waals surface area contributed by atoms with Crippen LogP contribution in [0.4, 0.5) is 0 Å². The van der Waals surface area contributed by atoms with Gasteiger partial charge in [0, 0.05) is 7.05 Å². The minimum absolute atomic E-state index is 0.0485. The molecule has 0 saturated carbocycles. The molecule has 0 amide bonds. The van der Waals surface area contributed by atoms with E-state index in [9.17, 15) is 13.2 Å². The van der Waals surface area contributed by atoms with E-state index in [2.05, 4.69) is 10.2 Å². The molecule has 8 nitrogen and oxygen atoms in total. The monoisotopic (exact) mass is 371 g/mol. The Bertz CT molecular complexity index is 856. The molecule has 2 aromatic heterocycles. The predicted octanol–water partition coefficient (Wildman–Crippen LogP) is 1.21. The summed E-state index contributed by atoms with van der Waals surface area (Å²) in [5, 5.41) is 8.76. The summed E-state index contributed by atoms with van der Waals surface area (Å²) in [7, 11) is -1.26. The van der Waals surface area contributed by atoms with E-state index in [1.807, 2.05) is 13.0 Å². The maximum absolute atomic E-state index is 11.9. The number of rotatable bonds is 5. The molecule has 3 heterocycles. The first-order chi connectivity index (χ1) is 11.4. The lowest BCUT2D eigenvalue weighted by molar-refractivity contribution is -0.144. The van der Waals surface area contributed by atoms with Crippen LogP contribution in [0.2, 0.25) is 0 Å². The second-order valence-electron chi connectivity index (χ2n) is 5.56. The maximum atomic E-state index is 11.9. The van der Waals surface area contributed by atoms with Crippen LogP contribution in [0.1, 0.15) is 12.2 Å². The van der Waals surface area contributed by atoms with Gasteiger partial charge < -0.3 is 13.7 Å². The van der Waals surface area contributed by atoms with Crippen LogP contribution in [0, 0.1) is 6.92 Å². The van der Waals surface area contributed by atoms with E-state index >= 15 is 0 Å². The van der Waals surface area contributed by atoms with Crippen LogP contribution in [-0.2, 0) is 26.4 Å². The zero-order valence-electron chi connectivity index (χ0n) is 13.3.